The van der Waals surface area contributed by atoms with E-state index in [0.29, 0.717) is 6.04 Å². The van der Waals surface area contributed by atoms with Crippen LogP contribution in [0, 0.1) is 6.07 Å². The Kier molecular flexibility index (Phi) is 3.41. The molecule has 0 aliphatic carbocycles. The Morgan fingerprint density at radius 1 is 1.50 bits per heavy atom. The van der Waals surface area contributed by atoms with Gasteiger partial charge in [0.15, 0.2) is 0 Å². The summed E-state index contributed by atoms with van der Waals surface area (Å²) in [6.07, 6.45) is 2.05. The first-order valence-electron chi connectivity index (χ1n) is 4.37. The van der Waals surface area contributed by atoms with E-state index in [1.54, 1.807) is 0 Å². The van der Waals surface area contributed by atoms with E-state index in [4.69, 9.17) is 4.74 Å². The minimum atomic E-state index is 0. The molecule has 0 spiro atoms. The molecule has 1 aliphatic rings. The van der Waals surface area contributed by atoms with Gasteiger partial charge in [0.2, 0.25) is 0 Å². The Hall–Kier alpha value is 0.286. The van der Waals surface area contributed by atoms with E-state index in [1.165, 1.54) is 0 Å². The van der Waals surface area contributed by atoms with E-state index < -0.39 is 0 Å². The van der Waals surface area contributed by atoms with Crippen LogP contribution in [0.3, 0.4) is 0 Å². The van der Waals surface area contributed by atoms with E-state index >= 15 is 0 Å². The summed E-state index contributed by atoms with van der Waals surface area (Å²) in [5.74, 6) is 0. The number of rotatable bonds is 1. The number of aromatic nitrogens is 2. The smallest absolute Gasteiger partial charge is 0.377 e. The van der Waals surface area contributed by atoms with E-state index in [2.05, 4.69) is 23.4 Å². The van der Waals surface area contributed by atoms with Gasteiger partial charge in [-0.1, -0.05) is 5.39 Å². The van der Waals surface area contributed by atoms with Crippen LogP contribution in [0.4, 0.5) is 0 Å². The van der Waals surface area contributed by atoms with Gasteiger partial charge in [-0.2, -0.15) is 24.3 Å². The summed E-state index contributed by atoms with van der Waals surface area (Å²) in [5.41, 5.74) is 0.939. The van der Waals surface area contributed by atoms with Crippen LogP contribution in [0.1, 0.15) is 6.04 Å². The van der Waals surface area contributed by atoms with Crippen molar-refractivity contribution >= 4 is 10.9 Å². The fourth-order valence-corrected chi connectivity index (χ4v) is 1.48. The van der Waals surface area contributed by atoms with Crippen molar-refractivity contribution in [1.29, 1.82) is 0 Å². The van der Waals surface area contributed by atoms with Crippen molar-refractivity contribution in [2.45, 2.75) is 6.04 Å². The number of hydrogen-bond donors (Lipinski definition) is 0. The summed E-state index contributed by atoms with van der Waals surface area (Å²) in [6.45, 7) is 1.57. The molecular formula is C10H9KN2O. The largest absolute Gasteiger partial charge is 1.00 e. The second-order valence-electron chi connectivity index (χ2n) is 3.27. The fourth-order valence-electron chi connectivity index (χ4n) is 1.48. The van der Waals surface area contributed by atoms with Gasteiger partial charge in [-0.05, 0) is 11.7 Å². The molecule has 2 heterocycles. The van der Waals surface area contributed by atoms with Crippen LogP contribution in [0.25, 0.3) is 10.9 Å². The zero-order valence-electron chi connectivity index (χ0n) is 8.10. The Bertz CT molecular complexity index is 403. The quantitative estimate of drug-likeness (QED) is 0.421. The molecule has 3 rings (SSSR count). The summed E-state index contributed by atoms with van der Waals surface area (Å²) < 4.78 is 7.09. The molecule has 3 nitrogen and oxygen atoms in total. The Labute approximate surface area is 125 Å². The molecule has 1 saturated heterocycles. The molecule has 0 N–H and O–H groups in total. The van der Waals surface area contributed by atoms with E-state index in [-0.39, 0.29) is 51.4 Å². The van der Waals surface area contributed by atoms with Crippen molar-refractivity contribution < 1.29 is 56.1 Å². The molecule has 14 heavy (non-hydrogen) atoms. The first-order chi connectivity index (χ1) is 6.43. The molecule has 2 aromatic rings. The number of fused-ring (bicyclic) bond motifs is 1. The van der Waals surface area contributed by atoms with Gasteiger partial charge < -0.3 is 4.74 Å². The first-order valence-corrected chi connectivity index (χ1v) is 4.37. The van der Waals surface area contributed by atoms with Crippen molar-refractivity contribution in [3.05, 3.63) is 30.5 Å². The van der Waals surface area contributed by atoms with Gasteiger partial charge in [0.05, 0.1) is 19.3 Å². The zero-order chi connectivity index (χ0) is 8.67. The zero-order valence-corrected chi connectivity index (χ0v) is 11.2. The first kappa shape index (κ1) is 10.8. The van der Waals surface area contributed by atoms with Crippen LogP contribution >= 0.6 is 0 Å². The molecule has 0 saturated carbocycles. The molecule has 4 heteroatoms. The second kappa shape index (κ2) is 4.43. The maximum absolute atomic E-state index is 5.11. The molecular weight excluding hydrogens is 203 g/mol. The van der Waals surface area contributed by atoms with Crippen molar-refractivity contribution in [3.8, 4) is 0 Å². The molecule has 1 fully saturated rings. The van der Waals surface area contributed by atoms with Crippen LogP contribution in [0.15, 0.2) is 24.4 Å². The molecule has 0 unspecified atom stereocenters. The molecule has 0 amide bonds. The van der Waals surface area contributed by atoms with E-state index in [0.717, 1.165) is 24.1 Å². The number of hydrogen-bond acceptors (Lipinski definition) is 2. The topological polar surface area (TPSA) is 27.1 Å². The number of nitrogens with zero attached hydrogens (tertiary/aromatic N) is 2. The predicted octanol–water partition coefficient (Wildman–Crippen LogP) is -1.59. The Balaban J connectivity index is 0.000000750. The third-order valence-corrected chi connectivity index (χ3v) is 2.35. The monoisotopic (exact) mass is 212 g/mol. The molecule has 1 aromatic carbocycles. The van der Waals surface area contributed by atoms with Crippen molar-refractivity contribution in [1.82, 2.24) is 9.78 Å². The fraction of sp³-hybridized carbons (Fsp3) is 0.300. The summed E-state index contributed by atoms with van der Waals surface area (Å²) in [6, 6.07) is 9.45. The van der Waals surface area contributed by atoms with Gasteiger partial charge in [-0.15, -0.1) is 0 Å². The van der Waals surface area contributed by atoms with Crippen LogP contribution in [0.5, 0.6) is 0 Å². The van der Waals surface area contributed by atoms with Crippen molar-refractivity contribution in [3.63, 3.8) is 0 Å². The van der Waals surface area contributed by atoms with Crippen molar-refractivity contribution in [2.75, 3.05) is 13.2 Å². The summed E-state index contributed by atoms with van der Waals surface area (Å²) in [4.78, 5) is 0. The normalized spacial score (nSPS) is 16.3. The van der Waals surface area contributed by atoms with Gasteiger partial charge in [0.25, 0.3) is 0 Å². The molecule has 0 radical (unpaired) electrons. The maximum atomic E-state index is 5.11. The standard InChI is InChI=1S/C10H9N2O.K/c1-2-4-10-8(3-1)5-12(11-10)9-6-13-7-9;/h1-3,5,9H,6-7H2;/q-1;+1. The number of ether oxygens (including phenoxy) is 1. The van der Waals surface area contributed by atoms with Gasteiger partial charge in [-0.3, -0.25) is 4.68 Å². The molecule has 1 aliphatic heterocycles. The molecule has 1 aromatic heterocycles. The molecule has 0 atom stereocenters. The molecule has 0 bridgehead atoms. The van der Waals surface area contributed by atoms with E-state index in [9.17, 15) is 0 Å². The Morgan fingerprint density at radius 2 is 2.36 bits per heavy atom. The average Bonchev–Trinajstić information content (AvgIpc) is 2.43. The van der Waals surface area contributed by atoms with Gasteiger partial charge in [-0.25, -0.2) is 5.10 Å². The Morgan fingerprint density at radius 3 is 3.00 bits per heavy atom. The summed E-state index contributed by atoms with van der Waals surface area (Å²) >= 11 is 0. The third-order valence-electron chi connectivity index (χ3n) is 2.35. The maximum Gasteiger partial charge on any atom is 1.00 e. The van der Waals surface area contributed by atoms with Crippen molar-refractivity contribution in [2.24, 2.45) is 0 Å². The van der Waals surface area contributed by atoms with Crippen LogP contribution in [-0.2, 0) is 4.74 Å². The predicted molar refractivity (Wildman–Crippen MR) is 48.4 cm³/mol. The van der Waals surface area contributed by atoms with Crippen LogP contribution in [0.2, 0.25) is 0 Å². The SMILES string of the molecule is [K+].[c-]1cccc2cn(C3COC3)nc12. The second-order valence-corrected chi connectivity index (χ2v) is 3.27. The van der Waals surface area contributed by atoms with Gasteiger partial charge in [0, 0.05) is 0 Å². The van der Waals surface area contributed by atoms with E-state index in [1.807, 2.05) is 16.8 Å². The minimum absolute atomic E-state index is 0. The summed E-state index contributed by atoms with van der Waals surface area (Å²) in [7, 11) is 0. The van der Waals surface area contributed by atoms with Gasteiger partial charge >= 0.3 is 51.4 Å². The minimum Gasteiger partial charge on any atom is -0.377 e. The third kappa shape index (κ3) is 1.82. The average molecular weight is 212 g/mol. The number of benzene rings is 1. The van der Waals surface area contributed by atoms with Gasteiger partial charge in [0.1, 0.15) is 0 Å². The molecule has 66 valence electrons. The van der Waals surface area contributed by atoms with Crippen LogP contribution in [-0.4, -0.2) is 23.0 Å². The summed E-state index contributed by atoms with van der Waals surface area (Å²) in [5, 5.41) is 5.56. The van der Waals surface area contributed by atoms with Crippen LogP contribution < -0.4 is 51.4 Å².